The van der Waals surface area contributed by atoms with Crippen LogP contribution in [0.2, 0.25) is 0 Å². The topological polar surface area (TPSA) is 109 Å². The number of hydrogen-bond acceptors (Lipinski definition) is 8. The number of methoxy groups -OCH3 is 1. The van der Waals surface area contributed by atoms with E-state index in [9.17, 15) is 9.18 Å². The van der Waals surface area contributed by atoms with Crippen molar-refractivity contribution in [3.63, 3.8) is 0 Å². The average Bonchev–Trinajstić information content (AvgIpc) is 3.30. The van der Waals surface area contributed by atoms with Gasteiger partial charge in [0.05, 0.1) is 30.2 Å². The van der Waals surface area contributed by atoms with Gasteiger partial charge in [0, 0.05) is 43.5 Å². The van der Waals surface area contributed by atoms with Gasteiger partial charge >= 0.3 is 0 Å². The number of carbonyl (C=O) groups is 1. The maximum Gasteiger partial charge on any atom is 0.271 e. The van der Waals surface area contributed by atoms with Crippen LogP contribution in [0.25, 0.3) is 22.3 Å². The monoisotopic (exact) mass is 562 g/mol. The summed E-state index contributed by atoms with van der Waals surface area (Å²) >= 11 is 0. The van der Waals surface area contributed by atoms with E-state index in [2.05, 4.69) is 37.5 Å². The summed E-state index contributed by atoms with van der Waals surface area (Å²) < 4.78 is 37.4. The van der Waals surface area contributed by atoms with Gasteiger partial charge in [-0.15, -0.1) is 0 Å². The molecule has 12 heteroatoms. The molecule has 0 aliphatic carbocycles. The van der Waals surface area contributed by atoms with Crippen molar-refractivity contribution in [1.29, 1.82) is 0 Å². The second kappa shape index (κ2) is 11.5. The number of benzene rings is 2. The van der Waals surface area contributed by atoms with Crippen LogP contribution in [-0.4, -0.2) is 63.6 Å². The highest BCUT2D eigenvalue weighted by atomic mass is 19.1. The number of halogens is 2. The van der Waals surface area contributed by atoms with Crippen LogP contribution in [-0.2, 0) is 4.79 Å². The fourth-order valence-electron chi connectivity index (χ4n) is 4.97. The summed E-state index contributed by atoms with van der Waals surface area (Å²) in [7, 11) is 1.50. The van der Waals surface area contributed by atoms with Crippen LogP contribution in [0.15, 0.2) is 48.8 Å². The lowest BCUT2D eigenvalue weighted by Gasteiger charge is -2.30. The van der Waals surface area contributed by atoms with E-state index in [-0.39, 0.29) is 34.7 Å². The Morgan fingerprint density at radius 1 is 1.12 bits per heavy atom. The highest BCUT2D eigenvalue weighted by molar-refractivity contribution is 6.03. The molecular formula is C29H32F2N8O2. The van der Waals surface area contributed by atoms with Crippen molar-refractivity contribution in [1.82, 2.24) is 29.7 Å². The largest absolute Gasteiger partial charge is 0.495 e. The molecule has 1 fully saturated rings. The Balaban J connectivity index is 1.43. The summed E-state index contributed by atoms with van der Waals surface area (Å²) in [6.07, 6.45) is 1.02. The standard InChI is InChI=1S/C29H32F2N8O2/c1-16(2)39-18(4)34-27-21(30)12-19(13-24(27)39)26-22(31)15-33-29(37-26)36-23-14-20(6-7-25(23)41-5)35-28(40)17(3)38-10-8-32-9-11-38/h6-7,12-16,32H,3,8-11H2,1-2,4-5H3,(H,35,40)(H,33,36,37). The van der Waals surface area contributed by atoms with Gasteiger partial charge in [-0.25, -0.2) is 23.7 Å². The minimum absolute atomic E-state index is 0.0244. The molecule has 10 nitrogen and oxygen atoms in total. The first kappa shape index (κ1) is 28.0. The number of fused-ring (bicyclic) bond motifs is 1. The Hall–Kier alpha value is -4.58. The second-order valence-electron chi connectivity index (χ2n) is 10.0. The Bertz CT molecular complexity index is 1630. The molecule has 1 aliphatic heterocycles. The van der Waals surface area contributed by atoms with Crippen LogP contribution in [0.3, 0.4) is 0 Å². The molecule has 0 unspecified atom stereocenters. The van der Waals surface area contributed by atoms with Crippen LogP contribution in [0.4, 0.5) is 26.1 Å². The molecule has 3 heterocycles. The van der Waals surface area contributed by atoms with Gasteiger partial charge in [-0.3, -0.25) is 4.79 Å². The zero-order chi connectivity index (χ0) is 29.3. The molecule has 2 aromatic heterocycles. The van der Waals surface area contributed by atoms with Crippen LogP contribution in [0.5, 0.6) is 5.75 Å². The Morgan fingerprint density at radius 3 is 2.59 bits per heavy atom. The minimum Gasteiger partial charge on any atom is -0.495 e. The number of aryl methyl sites for hydroxylation is 1. The van der Waals surface area contributed by atoms with Crippen molar-refractivity contribution in [2.24, 2.45) is 0 Å². The van der Waals surface area contributed by atoms with Gasteiger partial charge in [-0.2, -0.15) is 0 Å². The number of nitrogens with one attached hydrogen (secondary N) is 3. The average molecular weight is 563 g/mol. The normalized spacial score (nSPS) is 13.5. The summed E-state index contributed by atoms with van der Waals surface area (Å²) in [4.78, 5) is 27.5. The van der Waals surface area contributed by atoms with Gasteiger partial charge in [0.1, 0.15) is 22.8 Å². The molecule has 0 radical (unpaired) electrons. The third-order valence-corrected chi connectivity index (χ3v) is 6.92. The van der Waals surface area contributed by atoms with Crippen molar-refractivity contribution >= 4 is 34.3 Å². The third kappa shape index (κ3) is 5.68. The lowest BCUT2D eigenvalue weighted by molar-refractivity contribution is -0.114. The zero-order valence-electron chi connectivity index (χ0n) is 23.4. The van der Waals surface area contributed by atoms with Crippen LogP contribution < -0.4 is 20.7 Å². The van der Waals surface area contributed by atoms with Gasteiger partial charge in [-0.05, 0) is 51.1 Å². The molecule has 4 aromatic rings. The van der Waals surface area contributed by atoms with E-state index in [0.29, 0.717) is 47.3 Å². The SMILES string of the molecule is C=C(C(=O)Nc1ccc(OC)c(Nc2ncc(F)c(-c3cc(F)c4nc(C)n(C(C)C)c4c3)n2)c1)N1CCNCC1. The number of imidazole rings is 1. The van der Waals surface area contributed by atoms with E-state index in [1.807, 2.05) is 23.3 Å². The fraction of sp³-hybridized carbons (Fsp3) is 0.310. The first-order valence-electron chi connectivity index (χ1n) is 13.3. The smallest absolute Gasteiger partial charge is 0.271 e. The number of amides is 1. The number of carbonyl (C=O) groups excluding carboxylic acids is 1. The van der Waals surface area contributed by atoms with Crippen molar-refractivity contribution in [3.8, 4) is 17.0 Å². The molecule has 0 atom stereocenters. The highest BCUT2D eigenvalue weighted by Crippen LogP contribution is 2.33. The van der Waals surface area contributed by atoms with E-state index in [1.165, 1.54) is 13.2 Å². The second-order valence-corrected chi connectivity index (χ2v) is 10.0. The van der Waals surface area contributed by atoms with Crippen molar-refractivity contribution < 1.29 is 18.3 Å². The molecular weight excluding hydrogens is 530 g/mol. The lowest BCUT2D eigenvalue weighted by Crippen LogP contribution is -2.44. The van der Waals surface area contributed by atoms with E-state index < -0.39 is 11.6 Å². The Labute approximate surface area is 236 Å². The first-order chi connectivity index (χ1) is 19.7. The summed E-state index contributed by atoms with van der Waals surface area (Å²) in [6, 6.07) is 7.95. The Kier molecular flexibility index (Phi) is 7.84. The molecule has 3 N–H and O–H groups in total. The van der Waals surface area contributed by atoms with E-state index in [1.54, 1.807) is 31.2 Å². The zero-order valence-corrected chi connectivity index (χ0v) is 23.4. The van der Waals surface area contributed by atoms with Gasteiger partial charge in [-0.1, -0.05) is 6.58 Å². The first-order valence-corrected chi connectivity index (χ1v) is 13.3. The molecule has 214 valence electrons. The fourth-order valence-corrected chi connectivity index (χ4v) is 4.97. The summed E-state index contributed by atoms with van der Waals surface area (Å²) in [5.41, 5.74) is 2.24. The predicted octanol–water partition coefficient (Wildman–Crippen LogP) is 4.77. The number of aromatic nitrogens is 4. The summed E-state index contributed by atoms with van der Waals surface area (Å²) in [5, 5.41) is 9.13. The maximum absolute atomic E-state index is 15.1. The number of piperazine rings is 1. The van der Waals surface area contributed by atoms with E-state index in [0.717, 1.165) is 19.3 Å². The molecule has 1 amide bonds. The molecule has 1 aliphatic rings. The lowest BCUT2D eigenvalue weighted by atomic mass is 10.1. The number of rotatable bonds is 8. The van der Waals surface area contributed by atoms with E-state index >= 15 is 4.39 Å². The molecule has 1 saturated heterocycles. The van der Waals surface area contributed by atoms with Crippen LogP contribution in [0, 0.1) is 18.6 Å². The molecule has 41 heavy (non-hydrogen) atoms. The summed E-state index contributed by atoms with van der Waals surface area (Å²) in [6.45, 7) is 12.6. The third-order valence-electron chi connectivity index (χ3n) is 6.92. The van der Waals surface area contributed by atoms with E-state index in [4.69, 9.17) is 4.74 Å². The molecule has 0 saturated carbocycles. The molecule has 0 bridgehead atoms. The number of hydrogen-bond donors (Lipinski definition) is 3. The molecule has 0 spiro atoms. The van der Waals surface area contributed by atoms with Crippen LogP contribution in [0.1, 0.15) is 25.7 Å². The van der Waals surface area contributed by atoms with Crippen LogP contribution >= 0.6 is 0 Å². The van der Waals surface area contributed by atoms with Gasteiger partial charge < -0.3 is 30.2 Å². The summed E-state index contributed by atoms with van der Waals surface area (Å²) in [5.74, 6) is -0.436. The predicted molar refractivity (Wildman–Crippen MR) is 154 cm³/mol. The molecule has 2 aromatic carbocycles. The Morgan fingerprint density at radius 2 is 1.88 bits per heavy atom. The van der Waals surface area contributed by atoms with Crippen molar-refractivity contribution in [3.05, 3.63) is 66.3 Å². The quantitative estimate of drug-likeness (QED) is 0.264. The number of ether oxygens (including phenoxy) is 1. The highest BCUT2D eigenvalue weighted by Gasteiger charge is 2.20. The molecule has 5 rings (SSSR count). The van der Waals surface area contributed by atoms with Gasteiger partial charge in [0.25, 0.3) is 5.91 Å². The minimum atomic E-state index is -0.707. The van der Waals surface area contributed by atoms with Gasteiger partial charge in [0.15, 0.2) is 11.6 Å². The maximum atomic E-state index is 15.1. The number of anilines is 3. The number of nitrogens with zero attached hydrogens (tertiary/aromatic N) is 5. The van der Waals surface area contributed by atoms with Gasteiger partial charge in [0.2, 0.25) is 5.95 Å². The van der Waals surface area contributed by atoms with Crippen molar-refractivity contribution in [2.75, 3.05) is 43.9 Å². The van der Waals surface area contributed by atoms with Crippen molar-refractivity contribution in [2.45, 2.75) is 26.8 Å².